The molecule has 1 aromatic heterocycles. The minimum absolute atomic E-state index is 0.300. The molecule has 1 N–H and O–H groups in total. The van der Waals surface area contributed by atoms with E-state index in [1.807, 2.05) is 24.3 Å². The van der Waals surface area contributed by atoms with Gasteiger partial charge in [-0.3, -0.25) is 4.99 Å². The van der Waals surface area contributed by atoms with Crippen LogP contribution in [0.5, 0.6) is 5.75 Å². The molecule has 0 fully saturated rings. The van der Waals surface area contributed by atoms with Crippen molar-refractivity contribution < 1.29 is 17.9 Å². The van der Waals surface area contributed by atoms with Gasteiger partial charge >= 0.3 is 6.18 Å². The van der Waals surface area contributed by atoms with Crippen LogP contribution in [0.25, 0.3) is 0 Å². The lowest BCUT2D eigenvalue weighted by molar-refractivity contribution is -0.137. The zero-order valence-electron chi connectivity index (χ0n) is 14.8. The van der Waals surface area contributed by atoms with Gasteiger partial charge in [0.15, 0.2) is 5.96 Å². The Kier molecular flexibility index (Phi) is 6.84. The van der Waals surface area contributed by atoms with Crippen LogP contribution in [0.4, 0.5) is 13.2 Å². The minimum atomic E-state index is -4.34. The molecule has 0 radical (unpaired) electrons. The van der Waals surface area contributed by atoms with Gasteiger partial charge in [-0.1, -0.05) is 0 Å². The van der Waals surface area contributed by atoms with Crippen molar-refractivity contribution in [3.8, 4) is 5.75 Å². The fourth-order valence-electron chi connectivity index (χ4n) is 2.26. The van der Waals surface area contributed by atoms with Crippen molar-refractivity contribution in [3.05, 3.63) is 45.9 Å². The highest BCUT2D eigenvalue weighted by Gasteiger charge is 2.29. The predicted molar refractivity (Wildman–Crippen MR) is 96.6 cm³/mol. The maximum absolute atomic E-state index is 12.5. The fourth-order valence-corrected chi connectivity index (χ4v) is 2.86. The van der Waals surface area contributed by atoms with Crippen molar-refractivity contribution in [3.63, 3.8) is 0 Å². The summed E-state index contributed by atoms with van der Waals surface area (Å²) in [4.78, 5) is 10.6. The molecule has 2 rings (SSSR count). The maximum Gasteiger partial charge on any atom is 0.416 e. The first-order valence-electron chi connectivity index (χ1n) is 7.92. The van der Waals surface area contributed by atoms with Crippen LogP contribution in [0.15, 0.2) is 34.6 Å². The number of guanidine groups is 1. The van der Waals surface area contributed by atoms with Crippen LogP contribution in [0.1, 0.15) is 16.3 Å². The molecule has 0 spiro atoms. The third kappa shape index (κ3) is 5.91. The van der Waals surface area contributed by atoms with E-state index in [1.54, 1.807) is 18.4 Å². The van der Waals surface area contributed by atoms with Crippen LogP contribution in [0.2, 0.25) is 0 Å². The molecule has 0 aliphatic rings. The number of aliphatic imine (C=N–C) groups is 1. The van der Waals surface area contributed by atoms with Crippen LogP contribution in [-0.2, 0) is 12.7 Å². The molecule has 1 heterocycles. The number of aromatic nitrogens is 1. The molecule has 0 unspecified atom stereocenters. The van der Waals surface area contributed by atoms with Gasteiger partial charge in [-0.25, -0.2) is 4.98 Å². The van der Waals surface area contributed by atoms with E-state index in [4.69, 9.17) is 4.74 Å². The molecule has 0 saturated carbocycles. The molecule has 9 heteroatoms. The fraction of sp³-hybridized carbons (Fsp3) is 0.412. The molecular formula is C17H21F3N4OS. The van der Waals surface area contributed by atoms with Gasteiger partial charge in [-0.05, 0) is 31.2 Å². The molecule has 142 valence electrons. The van der Waals surface area contributed by atoms with Crippen molar-refractivity contribution in [2.24, 2.45) is 4.99 Å². The monoisotopic (exact) mass is 386 g/mol. The number of thiazole rings is 1. The van der Waals surface area contributed by atoms with Crippen molar-refractivity contribution >= 4 is 17.3 Å². The van der Waals surface area contributed by atoms with E-state index in [2.05, 4.69) is 15.3 Å². The van der Waals surface area contributed by atoms with Crippen LogP contribution in [0, 0.1) is 6.92 Å². The van der Waals surface area contributed by atoms with Gasteiger partial charge in [0, 0.05) is 19.5 Å². The van der Waals surface area contributed by atoms with E-state index in [0.29, 0.717) is 31.4 Å². The predicted octanol–water partition coefficient (Wildman–Crippen LogP) is 3.56. The van der Waals surface area contributed by atoms with E-state index in [-0.39, 0.29) is 0 Å². The van der Waals surface area contributed by atoms with Gasteiger partial charge in [0.25, 0.3) is 0 Å². The molecule has 0 amide bonds. The second-order valence-electron chi connectivity index (χ2n) is 5.56. The normalized spacial score (nSPS) is 12.2. The first-order valence-corrected chi connectivity index (χ1v) is 8.80. The topological polar surface area (TPSA) is 49.8 Å². The molecule has 1 aromatic carbocycles. The van der Waals surface area contributed by atoms with Gasteiger partial charge in [0.1, 0.15) is 12.4 Å². The third-order valence-corrected chi connectivity index (χ3v) is 4.30. The van der Waals surface area contributed by atoms with Gasteiger partial charge < -0.3 is 15.0 Å². The van der Waals surface area contributed by atoms with E-state index in [1.165, 1.54) is 12.1 Å². The molecule has 0 atom stereocenters. The highest BCUT2D eigenvalue weighted by molar-refractivity contribution is 7.09. The summed E-state index contributed by atoms with van der Waals surface area (Å²) in [6.07, 6.45) is -4.34. The van der Waals surface area contributed by atoms with Gasteiger partial charge in [0.05, 0.1) is 29.4 Å². The Bertz CT molecular complexity index is 728. The van der Waals surface area contributed by atoms with E-state index < -0.39 is 11.7 Å². The number of hydrogen-bond donors (Lipinski definition) is 1. The summed E-state index contributed by atoms with van der Waals surface area (Å²) in [6, 6.07) is 4.64. The van der Waals surface area contributed by atoms with Gasteiger partial charge in [-0.2, -0.15) is 13.2 Å². The number of nitrogens with zero attached hydrogens (tertiary/aromatic N) is 3. The molecule has 0 aliphatic heterocycles. The number of hydrogen-bond acceptors (Lipinski definition) is 4. The Morgan fingerprint density at radius 3 is 2.54 bits per heavy atom. The third-order valence-electron chi connectivity index (χ3n) is 3.47. The van der Waals surface area contributed by atoms with Gasteiger partial charge in [0.2, 0.25) is 0 Å². The smallest absolute Gasteiger partial charge is 0.416 e. The number of aryl methyl sites for hydroxylation is 1. The minimum Gasteiger partial charge on any atom is -0.492 e. The summed E-state index contributed by atoms with van der Waals surface area (Å²) in [5.74, 6) is 1.08. The van der Waals surface area contributed by atoms with E-state index in [9.17, 15) is 13.2 Å². The van der Waals surface area contributed by atoms with E-state index >= 15 is 0 Å². The summed E-state index contributed by atoms with van der Waals surface area (Å²) in [6.45, 7) is 3.35. The average Bonchev–Trinajstić information content (AvgIpc) is 2.99. The summed E-state index contributed by atoms with van der Waals surface area (Å²) >= 11 is 1.60. The van der Waals surface area contributed by atoms with Crippen LogP contribution in [0.3, 0.4) is 0 Å². The molecule has 0 saturated heterocycles. The Hall–Kier alpha value is -2.29. The Morgan fingerprint density at radius 2 is 2.00 bits per heavy atom. The summed E-state index contributed by atoms with van der Waals surface area (Å²) in [5.41, 5.74) is 0.279. The second-order valence-corrected chi connectivity index (χ2v) is 6.62. The number of halogens is 3. The SMILES string of the molecule is CN=C(NCCOc1ccc(C(F)(F)F)cc1)N(C)Cc1csc(C)n1. The molecule has 2 aromatic rings. The molecule has 5 nitrogen and oxygen atoms in total. The molecule has 0 bridgehead atoms. The zero-order chi connectivity index (χ0) is 19.2. The second kappa shape index (κ2) is 8.88. The van der Waals surface area contributed by atoms with Crippen molar-refractivity contribution in [1.29, 1.82) is 0 Å². The standard InChI is InChI=1S/C17H21F3N4OS/c1-12-23-14(11-26-12)10-24(3)16(21-2)22-8-9-25-15-6-4-13(5-7-15)17(18,19)20/h4-7,11H,8-10H2,1-3H3,(H,21,22). The molecule has 0 aliphatic carbocycles. The van der Waals surface area contributed by atoms with Crippen molar-refractivity contribution in [2.75, 3.05) is 27.2 Å². The quantitative estimate of drug-likeness (QED) is 0.469. The summed E-state index contributed by atoms with van der Waals surface area (Å²) in [7, 11) is 3.59. The van der Waals surface area contributed by atoms with Crippen molar-refractivity contribution in [2.45, 2.75) is 19.6 Å². The van der Waals surface area contributed by atoms with Gasteiger partial charge in [-0.15, -0.1) is 11.3 Å². The van der Waals surface area contributed by atoms with Crippen LogP contribution < -0.4 is 10.1 Å². The number of rotatable bonds is 6. The molecule has 26 heavy (non-hydrogen) atoms. The first-order chi connectivity index (χ1) is 12.3. The van der Waals surface area contributed by atoms with Crippen LogP contribution >= 0.6 is 11.3 Å². The number of alkyl halides is 3. The number of ether oxygens (including phenoxy) is 1. The average molecular weight is 386 g/mol. The first kappa shape index (κ1) is 20.0. The Balaban J connectivity index is 1.77. The summed E-state index contributed by atoms with van der Waals surface area (Å²) < 4.78 is 43.0. The maximum atomic E-state index is 12.5. The highest BCUT2D eigenvalue weighted by Crippen LogP contribution is 2.30. The lowest BCUT2D eigenvalue weighted by Gasteiger charge is -2.21. The molecular weight excluding hydrogens is 365 g/mol. The Morgan fingerprint density at radius 1 is 1.31 bits per heavy atom. The van der Waals surface area contributed by atoms with Crippen molar-refractivity contribution in [1.82, 2.24) is 15.2 Å². The number of benzene rings is 1. The Labute approximate surface area is 154 Å². The largest absolute Gasteiger partial charge is 0.492 e. The number of nitrogens with one attached hydrogen (secondary N) is 1. The van der Waals surface area contributed by atoms with E-state index in [0.717, 1.165) is 22.8 Å². The highest BCUT2D eigenvalue weighted by atomic mass is 32.1. The van der Waals surface area contributed by atoms with Crippen LogP contribution in [-0.4, -0.2) is 43.1 Å². The zero-order valence-corrected chi connectivity index (χ0v) is 15.6. The lowest BCUT2D eigenvalue weighted by Crippen LogP contribution is -2.40. The lowest BCUT2D eigenvalue weighted by atomic mass is 10.2. The summed E-state index contributed by atoms with van der Waals surface area (Å²) in [5, 5.41) is 6.17.